The molecule has 256 valence electrons. The Kier molecular flexibility index (Phi) is 6.53. The molecule has 0 aliphatic rings. The van der Waals surface area contributed by atoms with Crippen LogP contribution >= 0.6 is 0 Å². The molecule has 0 radical (unpaired) electrons. The van der Waals surface area contributed by atoms with Crippen LogP contribution in [0.15, 0.2) is 158 Å². The highest BCUT2D eigenvalue weighted by Gasteiger charge is 2.22. The SMILES string of the molecule is Cc1ccc2c(c1)c1ccccc1n2-c1cc(C)c(C)cc1-c1cc(-n2c3ccccc3c3ccccc32)nc(-n2c3ccccc3c3ccccc32)n1. The number of hydrogen-bond donors (Lipinski definition) is 0. The van der Waals surface area contributed by atoms with Crippen molar-refractivity contribution in [3.63, 3.8) is 0 Å². The molecule has 11 rings (SSSR count). The fourth-order valence-electron chi connectivity index (χ4n) is 8.62. The van der Waals surface area contributed by atoms with Crippen molar-refractivity contribution in [2.24, 2.45) is 0 Å². The second kappa shape index (κ2) is 11.5. The summed E-state index contributed by atoms with van der Waals surface area (Å²) >= 11 is 0. The van der Waals surface area contributed by atoms with Crippen molar-refractivity contribution in [1.29, 1.82) is 0 Å². The largest absolute Gasteiger partial charge is 0.309 e. The minimum Gasteiger partial charge on any atom is -0.309 e. The Morgan fingerprint density at radius 3 is 1.37 bits per heavy atom. The average molecular weight is 694 g/mol. The van der Waals surface area contributed by atoms with Crippen molar-refractivity contribution in [2.75, 3.05) is 0 Å². The van der Waals surface area contributed by atoms with Gasteiger partial charge in [-0.3, -0.25) is 9.13 Å². The Morgan fingerprint density at radius 2 is 0.815 bits per heavy atom. The van der Waals surface area contributed by atoms with Crippen LogP contribution in [0.25, 0.3) is 94.1 Å². The van der Waals surface area contributed by atoms with E-state index in [2.05, 4.69) is 192 Å². The van der Waals surface area contributed by atoms with Crippen LogP contribution in [0, 0.1) is 20.8 Å². The van der Waals surface area contributed by atoms with Crippen molar-refractivity contribution < 1.29 is 0 Å². The molecule has 0 amide bonds. The zero-order valence-electron chi connectivity index (χ0n) is 30.2. The smallest absolute Gasteiger partial charge is 0.237 e. The molecule has 0 spiro atoms. The minimum absolute atomic E-state index is 0.629. The fraction of sp³-hybridized carbons (Fsp3) is 0.0612. The van der Waals surface area contributed by atoms with E-state index in [1.165, 1.54) is 60.0 Å². The predicted octanol–water partition coefficient (Wildman–Crippen LogP) is 12.4. The van der Waals surface area contributed by atoms with E-state index < -0.39 is 0 Å². The van der Waals surface area contributed by atoms with Crippen LogP contribution in [-0.2, 0) is 0 Å². The van der Waals surface area contributed by atoms with Gasteiger partial charge < -0.3 is 4.57 Å². The van der Waals surface area contributed by atoms with E-state index in [1.54, 1.807) is 0 Å². The fourth-order valence-corrected chi connectivity index (χ4v) is 8.62. The van der Waals surface area contributed by atoms with Crippen molar-refractivity contribution in [1.82, 2.24) is 23.7 Å². The molecule has 54 heavy (non-hydrogen) atoms. The molecule has 5 heteroatoms. The summed E-state index contributed by atoms with van der Waals surface area (Å²) in [6, 6.07) is 56.7. The molecule has 7 aromatic carbocycles. The van der Waals surface area contributed by atoms with Gasteiger partial charge >= 0.3 is 0 Å². The standard InChI is InChI=1S/C49H35N5/c1-30-24-25-46-38(26-30)37-18-8-9-19-41(37)52(46)47-28-32(3)31(2)27-39(47)40-29-48(53-42-20-10-4-14-33(42)34-15-5-11-21-43(34)53)51-49(50-40)54-44-22-12-6-16-35(44)36-17-7-13-23-45(36)54/h4-29H,1-3H3. The van der Waals surface area contributed by atoms with E-state index in [9.17, 15) is 0 Å². The molecule has 11 aromatic rings. The van der Waals surface area contributed by atoms with Gasteiger partial charge in [0.2, 0.25) is 5.95 Å². The van der Waals surface area contributed by atoms with E-state index in [1.807, 2.05) is 0 Å². The maximum atomic E-state index is 5.56. The summed E-state index contributed by atoms with van der Waals surface area (Å²) in [6.07, 6.45) is 0. The summed E-state index contributed by atoms with van der Waals surface area (Å²) in [4.78, 5) is 11.1. The van der Waals surface area contributed by atoms with Crippen LogP contribution < -0.4 is 0 Å². The lowest BCUT2D eigenvalue weighted by Gasteiger charge is -2.18. The number of benzene rings is 7. The second-order valence-corrected chi connectivity index (χ2v) is 14.5. The summed E-state index contributed by atoms with van der Waals surface area (Å²) in [6.45, 7) is 6.56. The summed E-state index contributed by atoms with van der Waals surface area (Å²) < 4.78 is 6.96. The first kappa shape index (κ1) is 30.6. The number of nitrogens with zero attached hydrogens (tertiary/aromatic N) is 5. The number of rotatable bonds is 4. The molecular formula is C49H35N5. The van der Waals surface area contributed by atoms with Gasteiger partial charge in [0.15, 0.2) is 0 Å². The van der Waals surface area contributed by atoms with Gasteiger partial charge in [0.25, 0.3) is 0 Å². The Hall–Kier alpha value is -6.98. The van der Waals surface area contributed by atoms with E-state index >= 15 is 0 Å². The number of fused-ring (bicyclic) bond motifs is 9. The lowest BCUT2D eigenvalue weighted by molar-refractivity contribution is 0.951. The average Bonchev–Trinajstić information content (AvgIpc) is 3.84. The first-order valence-electron chi connectivity index (χ1n) is 18.5. The van der Waals surface area contributed by atoms with Crippen molar-refractivity contribution in [2.45, 2.75) is 20.8 Å². The van der Waals surface area contributed by atoms with E-state index in [4.69, 9.17) is 9.97 Å². The molecule has 0 fully saturated rings. The number of aromatic nitrogens is 5. The Morgan fingerprint density at radius 1 is 0.370 bits per heavy atom. The molecule has 0 bridgehead atoms. The maximum Gasteiger partial charge on any atom is 0.237 e. The van der Waals surface area contributed by atoms with E-state index in [0.717, 1.165) is 44.8 Å². The number of para-hydroxylation sites is 5. The Balaban J connectivity index is 1.29. The van der Waals surface area contributed by atoms with Crippen molar-refractivity contribution >= 4 is 65.4 Å². The van der Waals surface area contributed by atoms with Gasteiger partial charge in [-0.15, -0.1) is 0 Å². The zero-order chi connectivity index (χ0) is 36.1. The molecule has 0 saturated carbocycles. The summed E-state index contributed by atoms with van der Waals surface area (Å²) in [7, 11) is 0. The van der Waals surface area contributed by atoms with Crippen molar-refractivity contribution in [3.05, 3.63) is 174 Å². The van der Waals surface area contributed by atoms with Gasteiger partial charge in [-0.25, -0.2) is 4.98 Å². The predicted molar refractivity (Wildman–Crippen MR) is 225 cm³/mol. The van der Waals surface area contributed by atoms with Crippen LogP contribution in [0.4, 0.5) is 0 Å². The molecule has 4 heterocycles. The van der Waals surface area contributed by atoms with Crippen molar-refractivity contribution in [3.8, 4) is 28.7 Å². The van der Waals surface area contributed by atoms with E-state index in [-0.39, 0.29) is 0 Å². The molecule has 0 saturated heterocycles. The quantitative estimate of drug-likeness (QED) is 0.184. The summed E-state index contributed by atoms with van der Waals surface area (Å²) in [5.41, 5.74) is 13.4. The van der Waals surface area contributed by atoms with Gasteiger partial charge in [-0.1, -0.05) is 103 Å². The van der Waals surface area contributed by atoms with Crippen LogP contribution in [0.2, 0.25) is 0 Å². The molecule has 4 aromatic heterocycles. The van der Waals surface area contributed by atoms with Crippen LogP contribution in [0.1, 0.15) is 16.7 Å². The minimum atomic E-state index is 0.629. The third-order valence-electron chi connectivity index (χ3n) is 11.2. The monoisotopic (exact) mass is 693 g/mol. The van der Waals surface area contributed by atoms with E-state index in [0.29, 0.717) is 5.95 Å². The zero-order valence-corrected chi connectivity index (χ0v) is 30.2. The molecule has 0 atom stereocenters. The summed E-state index contributed by atoms with van der Waals surface area (Å²) in [5, 5.41) is 7.22. The first-order chi connectivity index (χ1) is 26.5. The third-order valence-corrected chi connectivity index (χ3v) is 11.2. The molecule has 0 aliphatic heterocycles. The molecule has 0 aliphatic carbocycles. The number of aryl methyl sites for hydroxylation is 3. The van der Waals surface area contributed by atoms with Gasteiger partial charge in [0, 0.05) is 43.9 Å². The highest BCUT2D eigenvalue weighted by Crippen LogP contribution is 2.40. The second-order valence-electron chi connectivity index (χ2n) is 14.5. The molecule has 0 N–H and O–H groups in total. The van der Waals surface area contributed by atoms with Gasteiger partial charge in [0.05, 0.1) is 44.5 Å². The highest BCUT2D eigenvalue weighted by molar-refractivity contribution is 6.11. The summed E-state index contributed by atoms with van der Waals surface area (Å²) in [5.74, 6) is 1.44. The Labute approximate surface area is 312 Å². The van der Waals surface area contributed by atoms with Gasteiger partial charge in [-0.2, -0.15) is 4.98 Å². The van der Waals surface area contributed by atoms with Crippen LogP contribution in [0.5, 0.6) is 0 Å². The highest BCUT2D eigenvalue weighted by atomic mass is 15.2. The molecular weight excluding hydrogens is 659 g/mol. The topological polar surface area (TPSA) is 40.6 Å². The maximum absolute atomic E-state index is 5.56. The van der Waals surface area contributed by atoms with Gasteiger partial charge in [0.1, 0.15) is 5.82 Å². The van der Waals surface area contributed by atoms with Crippen LogP contribution in [0.3, 0.4) is 0 Å². The number of hydrogen-bond acceptors (Lipinski definition) is 2. The van der Waals surface area contributed by atoms with Gasteiger partial charge in [-0.05, 0) is 86.5 Å². The lowest BCUT2D eigenvalue weighted by atomic mass is 10.0. The molecule has 0 unspecified atom stereocenters. The normalized spacial score (nSPS) is 12.0. The Bertz CT molecular complexity index is 3080. The van der Waals surface area contributed by atoms with Crippen LogP contribution in [-0.4, -0.2) is 23.7 Å². The first-order valence-corrected chi connectivity index (χ1v) is 18.5. The molecule has 5 nitrogen and oxygen atoms in total. The lowest BCUT2D eigenvalue weighted by Crippen LogP contribution is -2.08. The third kappa shape index (κ3) is 4.39.